The zero-order chi connectivity index (χ0) is 28.3. The molecule has 0 saturated heterocycles. The molecule has 0 aliphatic rings. The summed E-state index contributed by atoms with van der Waals surface area (Å²) in [6.45, 7) is 0. The molecule has 9 rings (SSSR count). The van der Waals surface area contributed by atoms with Crippen molar-refractivity contribution >= 4 is 63.8 Å². The summed E-state index contributed by atoms with van der Waals surface area (Å²) < 4.78 is 2.68. The first kappa shape index (κ1) is 24.4. The van der Waals surface area contributed by atoms with Crippen molar-refractivity contribution in [1.29, 1.82) is 0 Å². The fourth-order valence-electron chi connectivity index (χ4n) is 6.91. The highest BCUT2D eigenvalue weighted by molar-refractivity contribution is 7.26. The van der Waals surface area contributed by atoms with Gasteiger partial charge in [0.1, 0.15) is 0 Å². The molecule has 0 radical (unpaired) electrons. The molecule has 43 heavy (non-hydrogen) atoms. The Morgan fingerprint density at radius 2 is 0.860 bits per heavy atom. The van der Waals surface area contributed by atoms with Crippen molar-refractivity contribution < 1.29 is 0 Å². The zero-order valence-corrected chi connectivity index (χ0v) is 24.2. The van der Waals surface area contributed by atoms with Gasteiger partial charge in [0, 0.05) is 20.2 Å². The molecule has 0 spiro atoms. The van der Waals surface area contributed by atoms with Crippen LogP contribution in [0.5, 0.6) is 0 Å². The van der Waals surface area contributed by atoms with Gasteiger partial charge in [0.2, 0.25) is 0 Å². The minimum atomic E-state index is 1.24. The van der Waals surface area contributed by atoms with Crippen LogP contribution < -0.4 is 0 Å². The molecule has 0 N–H and O–H groups in total. The molecule has 200 valence electrons. The Balaban J connectivity index is 1.31. The third-order valence-corrected chi connectivity index (χ3v) is 10.1. The lowest BCUT2D eigenvalue weighted by Crippen LogP contribution is -1.91. The predicted octanol–water partition coefficient (Wildman–Crippen LogP) is 12.5. The van der Waals surface area contributed by atoms with Crippen LogP contribution in [0.25, 0.3) is 85.9 Å². The molecule has 0 aliphatic heterocycles. The van der Waals surface area contributed by atoms with E-state index in [2.05, 4.69) is 158 Å². The Kier molecular flexibility index (Phi) is 5.47. The Hall–Kier alpha value is -5.24. The van der Waals surface area contributed by atoms with Gasteiger partial charge in [-0.05, 0) is 83.9 Å². The third kappa shape index (κ3) is 3.82. The van der Waals surface area contributed by atoms with Crippen LogP contribution in [-0.2, 0) is 0 Å². The SMILES string of the molecule is c1cc(-c2c3ccccc3c(-c3ccc4ccccc4c3)c3ccccc23)cc(-c2cccc3c2sc2ccccc23)c1. The first-order chi connectivity index (χ1) is 21.3. The van der Waals surface area contributed by atoms with Crippen molar-refractivity contribution in [2.75, 3.05) is 0 Å². The quantitative estimate of drug-likeness (QED) is 0.188. The van der Waals surface area contributed by atoms with E-state index in [4.69, 9.17) is 0 Å². The second-order valence-corrected chi connectivity index (χ2v) is 12.3. The number of hydrogen-bond donors (Lipinski definition) is 0. The monoisotopic (exact) mass is 562 g/mol. The Morgan fingerprint density at radius 1 is 0.326 bits per heavy atom. The molecule has 1 aromatic heterocycles. The van der Waals surface area contributed by atoms with Gasteiger partial charge in [-0.1, -0.05) is 140 Å². The lowest BCUT2D eigenvalue weighted by Gasteiger charge is -2.18. The number of benzene rings is 8. The van der Waals surface area contributed by atoms with Gasteiger partial charge in [0.15, 0.2) is 0 Å². The van der Waals surface area contributed by atoms with Crippen molar-refractivity contribution in [3.05, 3.63) is 158 Å². The van der Waals surface area contributed by atoms with Gasteiger partial charge in [-0.15, -0.1) is 11.3 Å². The maximum absolute atomic E-state index is 2.39. The summed E-state index contributed by atoms with van der Waals surface area (Å²) in [5.41, 5.74) is 7.63. The maximum atomic E-state index is 2.39. The Morgan fingerprint density at radius 3 is 1.58 bits per heavy atom. The van der Waals surface area contributed by atoms with E-state index in [9.17, 15) is 0 Å². The summed E-state index contributed by atoms with van der Waals surface area (Å²) in [6, 6.07) is 58.0. The molecule has 9 aromatic rings. The van der Waals surface area contributed by atoms with Crippen LogP contribution in [-0.4, -0.2) is 0 Å². The zero-order valence-electron chi connectivity index (χ0n) is 23.4. The number of hydrogen-bond acceptors (Lipinski definition) is 1. The second-order valence-electron chi connectivity index (χ2n) is 11.3. The van der Waals surface area contributed by atoms with Gasteiger partial charge in [-0.2, -0.15) is 0 Å². The van der Waals surface area contributed by atoms with Gasteiger partial charge in [-0.25, -0.2) is 0 Å². The molecule has 0 amide bonds. The minimum absolute atomic E-state index is 1.24. The highest BCUT2D eigenvalue weighted by atomic mass is 32.1. The van der Waals surface area contributed by atoms with Gasteiger partial charge in [-0.3, -0.25) is 0 Å². The van der Waals surface area contributed by atoms with E-state index in [1.165, 1.54) is 85.9 Å². The summed E-state index contributed by atoms with van der Waals surface area (Å²) in [5.74, 6) is 0. The Bertz CT molecular complexity index is 2460. The van der Waals surface area contributed by atoms with Gasteiger partial charge < -0.3 is 0 Å². The van der Waals surface area contributed by atoms with E-state index in [1.807, 2.05) is 11.3 Å². The normalized spacial score (nSPS) is 11.7. The standard InChI is InChI=1S/C42H26S/c1-2-12-28-25-31(24-23-27(28)11-1)41-36-18-5-3-16-34(36)40(35-17-4-6-19-37(35)41)30-14-9-13-29(26-30)32-20-10-21-38-33-15-7-8-22-39(33)43-42(32)38/h1-26H. The summed E-state index contributed by atoms with van der Waals surface area (Å²) >= 11 is 1.89. The van der Waals surface area contributed by atoms with Gasteiger partial charge >= 0.3 is 0 Å². The van der Waals surface area contributed by atoms with Gasteiger partial charge in [0.25, 0.3) is 0 Å². The van der Waals surface area contributed by atoms with E-state index in [-0.39, 0.29) is 0 Å². The third-order valence-electron chi connectivity index (χ3n) is 8.84. The number of rotatable bonds is 3. The van der Waals surface area contributed by atoms with Crippen LogP contribution >= 0.6 is 11.3 Å². The highest BCUT2D eigenvalue weighted by Crippen LogP contribution is 2.45. The Labute approximate surface area is 254 Å². The van der Waals surface area contributed by atoms with Crippen LogP contribution in [0.4, 0.5) is 0 Å². The van der Waals surface area contributed by atoms with E-state index >= 15 is 0 Å². The predicted molar refractivity (Wildman–Crippen MR) is 188 cm³/mol. The summed E-state index contributed by atoms with van der Waals surface area (Å²) in [7, 11) is 0. The number of thiophene rings is 1. The lowest BCUT2D eigenvalue weighted by molar-refractivity contribution is 1.64. The number of fused-ring (bicyclic) bond motifs is 6. The molecule has 0 fully saturated rings. The molecular formula is C42H26S. The molecular weight excluding hydrogens is 537 g/mol. The van der Waals surface area contributed by atoms with Crippen LogP contribution in [0, 0.1) is 0 Å². The van der Waals surface area contributed by atoms with Gasteiger partial charge in [0.05, 0.1) is 0 Å². The first-order valence-electron chi connectivity index (χ1n) is 14.8. The smallest absolute Gasteiger partial charge is 0.0433 e. The maximum Gasteiger partial charge on any atom is 0.0433 e. The molecule has 0 unspecified atom stereocenters. The molecule has 0 atom stereocenters. The average molecular weight is 563 g/mol. The summed E-state index contributed by atoms with van der Waals surface area (Å²) in [6.07, 6.45) is 0. The fraction of sp³-hybridized carbons (Fsp3) is 0. The summed E-state index contributed by atoms with van der Waals surface area (Å²) in [4.78, 5) is 0. The van der Waals surface area contributed by atoms with Crippen LogP contribution in [0.3, 0.4) is 0 Å². The molecule has 8 aromatic carbocycles. The molecule has 0 aliphatic carbocycles. The van der Waals surface area contributed by atoms with Crippen molar-refractivity contribution in [2.45, 2.75) is 0 Å². The van der Waals surface area contributed by atoms with Crippen molar-refractivity contribution in [1.82, 2.24) is 0 Å². The van der Waals surface area contributed by atoms with Crippen molar-refractivity contribution in [3.8, 4) is 33.4 Å². The second kappa shape index (κ2) is 9.66. The van der Waals surface area contributed by atoms with Crippen LogP contribution in [0.15, 0.2) is 158 Å². The van der Waals surface area contributed by atoms with Crippen LogP contribution in [0.2, 0.25) is 0 Å². The summed E-state index contributed by atoms with van der Waals surface area (Å²) in [5, 5.41) is 10.3. The van der Waals surface area contributed by atoms with E-state index < -0.39 is 0 Å². The van der Waals surface area contributed by atoms with Crippen LogP contribution in [0.1, 0.15) is 0 Å². The molecule has 0 saturated carbocycles. The first-order valence-corrected chi connectivity index (χ1v) is 15.6. The topological polar surface area (TPSA) is 0 Å². The molecule has 1 heterocycles. The molecule has 0 nitrogen and oxygen atoms in total. The largest absolute Gasteiger partial charge is 0.135 e. The van der Waals surface area contributed by atoms with Crippen molar-refractivity contribution in [3.63, 3.8) is 0 Å². The fourth-order valence-corrected chi connectivity index (χ4v) is 8.15. The van der Waals surface area contributed by atoms with E-state index in [0.717, 1.165) is 0 Å². The highest BCUT2D eigenvalue weighted by Gasteiger charge is 2.18. The molecule has 1 heteroatoms. The average Bonchev–Trinajstić information content (AvgIpc) is 3.46. The van der Waals surface area contributed by atoms with E-state index in [1.54, 1.807) is 0 Å². The van der Waals surface area contributed by atoms with Crippen molar-refractivity contribution in [2.24, 2.45) is 0 Å². The van der Waals surface area contributed by atoms with E-state index in [0.29, 0.717) is 0 Å². The minimum Gasteiger partial charge on any atom is -0.135 e. The lowest BCUT2D eigenvalue weighted by atomic mass is 9.85. The molecule has 0 bridgehead atoms.